The lowest BCUT2D eigenvalue weighted by Gasteiger charge is -2.25. The Balaban J connectivity index is 1.80. The zero-order valence-electron chi connectivity index (χ0n) is 15.2. The van der Waals surface area contributed by atoms with Crippen LogP contribution in [0.4, 0.5) is 0 Å². The number of methoxy groups -OCH3 is 2. The molecule has 28 heavy (non-hydrogen) atoms. The first-order chi connectivity index (χ1) is 13.6. The SMILES string of the molecule is COc1ccc(C2=CC3(C=C(c4ccc(OC)cc4)O2)C(=O)NOC3=O)cc1. The molecule has 1 N–H and O–H groups in total. The molecule has 7 heteroatoms. The van der Waals surface area contributed by atoms with Crippen molar-refractivity contribution in [2.24, 2.45) is 5.41 Å². The normalized spacial score (nSPS) is 17.2. The van der Waals surface area contributed by atoms with E-state index in [0.717, 1.165) is 0 Å². The lowest BCUT2D eigenvalue weighted by atomic mass is 9.83. The molecule has 0 saturated carbocycles. The highest BCUT2D eigenvalue weighted by Gasteiger charge is 2.53. The number of nitrogens with one attached hydrogen (secondary N) is 1. The maximum absolute atomic E-state index is 12.5. The van der Waals surface area contributed by atoms with Gasteiger partial charge in [-0.05, 0) is 60.7 Å². The minimum absolute atomic E-state index is 0.366. The number of carbonyl (C=O) groups excluding carboxylic acids is 2. The number of hydrogen-bond donors (Lipinski definition) is 1. The Kier molecular flexibility index (Phi) is 4.27. The summed E-state index contributed by atoms with van der Waals surface area (Å²) in [5.41, 5.74) is 1.92. The number of carbonyl (C=O) groups is 2. The third-order valence-electron chi connectivity index (χ3n) is 4.64. The molecule has 7 nitrogen and oxygen atoms in total. The Labute approximate surface area is 161 Å². The quantitative estimate of drug-likeness (QED) is 0.823. The van der Waals surface area contributed by atoms with Crippen molar-refractivity contribution in [3.8, 4) is 11.5 Å². The first-order valence-corrected chi connectivity index (χ1v) is 8.50. The molecule has 0 atom stereocenters. The van der Waals surface area contributed by atoms with E-state index in [9.17, 15) is 9.59 Å². The van der Waals surface area contributed by atoms with Crippen molar-refractivity contribution in [2.75, 3.05) is 14.2 Å². The molecule has 1 amide bonds. The Hall–Kier alpha value is -3.74. The van der Waals surface area contributed by atoms with Crippen molar-refractivity contribution in [3.63, 3.8) is 0 Å². The first kappa shape index (κ1) is 17.7. The second-order valence-corrected chi connectivity index (χ2v) is 6.27. The van der Waals surface area contributed by atoms with Crippen LogP contribution in [0.25, 0.3) is 11.5 Å². The highest BCUT2D eigenvalue weighted by molar-refractivity contribution is 6.12. The molecule has 0 bridgehead atoms. The van der Waals surface area contributed by atoms with E-state index in [1.807, 2.05) is 0 Å². The van der Waals surface area contributed by atoms with E-state index >= 15 is 0 Å². The van der Waals surface area contributed by atoms with E-state index in [0.29, 0.717) is 34.1 Å². The van der Waals surface area contributed by atoms with Gasteiger partial charge in [-0.1, -0.05) is 0 Å². The Morgan fingerprint density at radius 2 is 1.25 bits per heavy atom. The fraction of sp³-hybridized carbons (Fsp3) is 0.143. The van der Waals surface area contributed by atoms with Crippen LogP contribution in [0, 0.1) is 5.41 Å². The highest BCUT2D eigenvalue weighted by Crippen LogP contribution is 2.41. The van der Waals surface area contributed by atoms with E-state index in [1.165, 1.54) is 12.2 Å². The van der Waals surface area contributed by atoms with Gasteiger partial charge in [0, 0.05) is 11.1 Å². The van der Waals surface area contributed by atoms with Gasteiger partial charge in [-0.3, -0.25) is 4.79 Å². The van der Waals surface area contributed by atoms with Gasteiger partial charge in [0.15, 0.2) is 5.41 Å². The van der Waals surface area contributed by atoms with Crippen LogP contribution < -0.4 is 15.0 Å². The van der Waals surface area contributed by atoms with Gasteiger partial charge in [0.2, 0.25) is 0 Å². The van der Waals surface area contributed by atoms with Crippen molar-refractivity contribution in [1.82, 2.24) is 5.48 Å². The molecule has 2 aliphatic heterocycles. The van der Waals surface area contributed by atoms with Crippen molar-refractivity contribution < 1.29 is 28.6 Å². The molecular formula is C21H17NO6. The monoisotopic (exact) mass is 379 g/mol. The van der Waals surface area contributed by atoms with E-state index < -0.39 is 17.3 Å². The van der Waals surface area contributed by atoms with Crippen LogP contribution >= 0.6 is 0 Å². The lowest BCUT2D eigenvalue weighted by molar-refractivity contribution is -0.147. The zero-order valence-corrected chi connectivity index (χ0v) is 15.2. The second kappa shape index (κ2) is 6.77. The van der Waals surface area contributed by atoms with Crippen molar-refractivity contribution in [1.29, 1.82) is 0 Å². The molecule has 2 aromatic carbocycles. The molecule has 1 spiro atoms. The molecule has 1 fully saturated rings. The summed E-state index contributed by atoms with van der Waals surface area (Å²) in [5.74, 6) is 0.809. The van der Waals surface area contributed by atoms with Gasteiger partial charge >= 0.3 is 5.97 Å². The summed E-state index contributed by atoms with van der Waals surface area (Å²) in [6, 6.07) is 14.2. The summed E-state index contributed by atoms with van der Waals surface area (Å²) in [5, 5.41) is 0. The molecule has 4 rings (SSSR count). The molecule has 2 heterocycles. The molecule has 142 valence electrons. The average molecular weight is 379 g/mol. The Morgan fingerprint density at radius 3 is 1.61 bits per heavy atom. The summed E-state index contributed by atoms with van der Waals surface area (Å²) < 4.78 is 16.4. The molecule has 0 radical (unpaired) electrons. The van der Waals surface area contributed by atoms with E-state index in [2.05, 4.69) is 5.48 Å². The van der Waals surface area contributed by atoms with E-state index in [4.69, 9.17) is 19.0 Å². The summed E-state index contributed by atoms with van der Waals surface area (Å²) in [6.07, 6.45) is 2.93. The molecule has 2 aromatic rings. The summed E-state index contributed by atoms with van der Waals surface area (Å²) in [6.45, 7) is 0. The maximum atomic E-state index is 12.5. The van der Waals surface area contributed by atoms with Crippen LogP contribution in [0.5, 0.6) is 11.5 Å². The van der Waals surface area contributed by atoms with Crippen LogP contribution in [0.2, 0.25) is 0 Å². The van der Waals surface area contributed by atoms with Gasteiger partial charge in [-0.15, -0.1) is 0 Å². The van der Waals surface area contributed by atoms with Crippen molar-refractivity contribution in [2.45, 2.75) is 0 Å². The van der Waals surface area contributed by atoms with Gasteiger partial charge in [0.05, 0.1) is 14.2 Å². The largest absolute Gasteiger partial charge is 0.497 e. The van der Waals surface area contributed by atoms with Crippen LogP contribution in [-0.2, 0) is 19.2 Å². The van der Waals surface area contributed by atoms with Gasteiger partial charge < -0.3 is 19.0 Å². The first-order valence-electron chi connectivity index (χ1n) is 8.50. The van der Waals surface area contributed by atoms with Gasteiger partial charge in [-0.25, -0.2) is 4.79 Å². The predicted molar refractivity (Wildman–Crippen MR) is 99.7 cm³/mol. The average Bonchev–Trinajstić information content (AvgIpc) is 3.01. The standard InChI is InChI=1S/C21H17NO6/c1-25-15-7-3-13(4-8-15)17-11-21(19(23)22-28-20(21)24)12-18(27-17)14-5-9-16(26-2)10-6-14/h3-12H,1-2H3,(H,22,23). The van der Waals surface area contributed by atoms with Gasteiger partial charge in [0.25, 0.3) is 5.91 Å². The molecule has 0 aliphatic carbocycles. The number of amides is 1. The number of benzene rings is 2. The smallest absolute Gasteiger partial charge is 0.355 e. The van der Waals surface area contributed by atoms with Gasteiger partial charge in [-0.2, -0.15) is 5.48 Å². The molecule has 0 aromatic heterocycles. The van der Waals surface area contributed by atoms with Crippen molar-refractivity contribution in [3.05, 3.63) is 71.8 Å². The Morgan fingerprint density at radius 1 is 0.786 bits per heavy atom. The second-order valence-electron chi connectivity index (χ2n) is 6.27. The van der Waals surface area contributed by atoms with Gasteiger partial charge in [0.1, 0.15) is 23.0 Å². The fourth-order valence-electron chi connectivity index (χ4n) is 3.03. The number of ether oxygens (including phenoxy) is 3. The fourth-order valence-corrected chi connectivity index (χ4v) is 3.03. The maximum Gasteiger partial charge on any atom is 0.355 e. The van der Waals surface area contributed by atoms with Crippen LogP contribution in [-0.4, -0.2) is 26.1 Å². The Bertz CT molecular complexity index is 907. The summed E-state index contributed by atoms with van der Waals surface area (Å²) >= 11 is 0. The van der Waals surface area contributed by atoms with Crippen molar-refractivity contribution >= 4 is 23.4 Å². The minimum Gasteiger partial charge on any atom is -0.497 e. The number of hydrogen-bond acceptors (Lipinski definition) is 6. The van der Waals surface area contributed by atoms with Crippen LogP contribution in [0.3, 0.4) is 0 Å². The molecule has 0 unspecified atom stereocenters. The predicted octanol–water partition coefficient (Wildman–Crippen LogP) is 2.69. The molecule has 1 saturated heterocycles. The third kappa shape index (κ3) is 2.87. The summed E-state index contributed by atoms with van der Waals surface area (Å²) in [7, 11) is 3.15. The third-order valence-corrected chi connectivity index (χ3v) is 4.64. The number of rotatable bonds is 4. The zero-order chi connectivity index (χ0) is 19.7. The van der Waals surface area contributed by atoms with Crippen LogP contribution in [0.1, 0.15) is 11.1 Å². The van der Waals surface area contributed by atoms with E-state index in [1.54, 1.807) is 62.8 Å². The lowest BCUT2D eigenvalue weighted by Crippen LogP contribution is -2.34. The minimum atomic E-state index is -1.59. The number of hydroxylamine groups is 1. The highest BCUT2D eigenvalue weighted by atomic mass is 16.7. The molecule has 2 aliphatic rings. The van der Waals surface area contributed by atoms with E-state index in [-0.39, 0.29) is 0 Å². The topological polar surface area (TPSA) is 83.1 Å². The molecular weight excluding hydrogens is 362 g/mol. The van der Waals surface area contributed by atoms with Crippen LogP contribution in [0.15, 0.2) is 60.7 Å². The summed E-state index contributed by atoms with van der Waals surface area (Å²) in [4.78, 5) is 29.7.